The normalized spacial score (nSPS) is 10.8. The molecular formula is C19H23P. The van der Waals surface area contributed by atoms with Gasteiger partial charge in [0.25, 0.3) is 0 Å². The van der Waals surface area contributed by atoms with Crippen LogP contribution in [-0.2, 0) is 0 Å². The summed E-state index contributed by atoms with van der Waals surface area (Å²) in [4.78, 5) is 0. The van der Waals surface area contributed by atoms with Gasteiger partial charge in [0, 0.05) is 0 Å². The van der Waals surface area contributed by atoms with Crippen LogP contribution in [0.4, 0.5) is 0 Å². The van der Waals surface area contributed by atoms with Gasteiger partial charge in [0.1, 0.15) is 0 Å². The van der Waals surface area contributed by atoms with Crippen LogP contribution in [0.1, 0.15) is 22.3 Å². The van der Waals surface area contributed by atoms with Gasteiger partial charge >= 0.3 is 0 Å². The molecule has 0 fully saturated rings. The standard InChI is InChI=1S/C19H23P/c1-6-13-20(18-11-7-9-14(2)16(18)4)19-12-8-10-15(3)17(19)5/h6-12H,1,13H2,2-5H3. The molecule has 0 aliphatic carbocycles. The summed E-state index contributed by atoms with van der Waals surface area (Å²) in [5.74, 6) is 0. The first kappa shape index (κ1) is 15.0. The lowest BCUT2D eigenvalue weighted by atomic mass is 10.1. The van der Waals surface area contributed by atoms with E-state index in [2.05, 4.69) is 76.7 Å². The minimum atomic E-state index is -0.343. The first-order valence-electron chi connectivity index (χ1n) is 7.07. The highest BCUT2D eigenvalue weighted by Gasteiger charge is 2.17. The summed E-state index contributed by atoms with van der Waals surface area (Å²) in [6.45, 7) is 12.9. The van der Waals surface area contributed by atoms with Crippen LogP contribution in [0.3, 0.4) is 0 Å². The Labute approximate surface area is 124 Å². The molecule has 0 amide bonds. The highest BCUT2D eigenvalue weighted by atomic mass is 31.1. The summed E-state index contributed by atoms with van der Waals surface area (Å²) in [5, 5.41) is 2.99. The second kappa shape index (κ2) is 6.37. The Morgan fingerprint density at radius 1 is 0.850 bits per heavy atom. The van der Waals surface area contributed by atoms with Crippen LogP contribution in [0.25, 0.3) is 0 Å². The van der Waals surface area contributed by atoms with Gasteiger partial charge in [-0.1, -0.05) is 42.5 Å². The lowest BCUT2D eigenvalue weighted by molar-refractivity contribution is 1.36. The topological polar surface area (TPSA) is 0 Å². The molecule has 0 aromatic heterocycles. The van der Waals surface area contributed by atoms with E-state index in [1.54, 1.807) is 0 Å². The Morgan fingerprint density at radius 2 is 1.30 bits per heavy atom. The van der Waals surface area contributed by atoms with Crippen molar-refractivity contribution in [3.8, 4) is 0 Å². The van der Waals surface area contributed by atoms with Crippen molar-refractivity contribution in [2.75, 3.05) is 6.16 Å². The molecule has 0 bridgehead atoms. The Bertz CT molecular complexity index is 574. The maximum Gasteiger partial charge on any atom is -0.00667 e. The van der Waals surface area contributed by atoms with Crippen LogP contribution in [0.5, 0.6) is 0 Å². The molecule has 2 rings (SSSR count). The van der Waals surface area contributed by atoms with Crippen molar-refractivity contribution in [2.24, 2.45) is 0 Å². The molecule has 0 unspecified atom stereocenters. The Morgan fingerprint density at radius 3 is 1.70 bits per heavy atom. The summed E-state index contributed by atoms with van der Waals surface area (Å²) in [6.07, 6.45) is 3.11. The second-order valence-electron chi connectivity index (χ2n) is 5.34. The predicted octanol–water partition coefficient (Wildman–Crippen LogP) is 4.54. The van der Waals surface area contributed by atoms with Gasteiger partial charge in [0.05, 0.1) is 0 Å². The monoisotopic (exact) mass is 282 g/mol. The number of allylic oxidation sites excluding steroid dienone is 1. The zero-order valence-electron chi connectivity index (χ0n) is 12.9. The van der Waals surface area contributed by atoms with Gasteiger partial charge in [-0.05, 0) is 74.6 Å². The number of aryl methyl sites for hydroxylation is 2. The molecule has 0 saturated heterocycles. The zero-order chi connectivity index (χ0) is 14.7. The number of benzene rings is 2. The van der Waals surface area contributed by atoms with Crippen molar-refractivity contribution >= 4 is 18.5 Å². The molecule has 20 heavy (non-hydrogen) atoms. The first-order chi connectivity index (χ1) is 9.56. The zero-order valence-corrected chi connectivity index (χ0v) is 13.8. The molecule has 2 aromatic rings. The number of hydrogen-bond donors (Lipinski definition) is 0. The van der Waals surface area contributed by atoms with Gasteiger partial charge in [-0.15, -0.1) is 6.58 Å². The van der Waals surface area contributed by atoms with Gasteiger partial charge in [0.2, 0.25) is 0 Å². The second-order valence-corrected chi connectivity index (χ2v) is 7.52. The summed E-state index contributed by atoms with van der Waals surface area (Å²) in [5.41, 5.74) is 5.62. The molecule has 0 radical (unpaired) electrons. The van der Waals surface area contributed by atoms with Gasteiger partial charge < -0.3 is 0 Å². The Hall–Kier alpha value is -1.39. The smallest absolute Gasteiger partial charge is 0.00667 e. The van der Waals surface area contributed by atoms with Crippen LogP contribution < -0.4 is 10.6 Å². The van der Waals surface area contributed by atoms with Crippen molar-refractivity contribution in [3.63, 3.8) is 0 Å². The van der Waals surface area contributed by atoms with Crippen LogP contribution >= 0.6 is 7.92 Å². The summed E-state index contributed by atoms with van der Waals surface area (Å²) in [6, 6.07) is 13.3. The first-order valence-corrected chi connectivity index (χ1v) is 8.59. The third-order valence-electron chi connectivity index (χ3n) is 4.05. The van der Waals surface area contributed by atoms with Gasteiger partial charge in [-0.25, -0.2) is 0 Å². The van der Waals surface area contributed by atoms with Crippen molar-refractivity contribution < 1.29 is 0 Å². The van der Waals surface area contributed by atoms with Crippen LogP contribution in [0.15, 0.2) is 49.1 Å². The Kier molecular flexibility index (Phi) is 4.78. The van der Waals surface area contributed by atoms with Gasteiger partial charge in [-0.2, -0.15) is 0 Å². The van der Waals surface area contributed by atoms with E-state index in [9.17, 15) is 0 Å². The molecule has 0 atom stereocenters. The summed E-state index contributed by atoms with van der Waals surface area (Å²) in [7, 11) is -0.343. The predicted molar refractivity (Wildman–Crippen MR) is 93.1 cm³/mol. The van der Waals surface area contributed by atoms with Crippen LogP contribution in [-0.4, -0.2) is 6.16 Å². The molecule has 2 aromatic carbocycles. The molecule has 0 aliphatic rings. The van der Waals surface area contributed by atoms with E-state index in [-0.39, 0.29) is 7.92 Å². The molecule has 0 N–H and O–H groups in total. The minimum absolute atomic E-state index is 0.343. The molecular weight excluding hydrogens is 259 g/mol. The minimum Gasteiger partial charge on any atom is -0.103 e. The Balaban J connectivity index is 2.59. The van der Waals surface area contributed by atoms with Crippen molar-refractivity contribution in [1.29, 1.82) is 0 Å². The van der Waals surface area contributed by atoms with Crippen molar-refractivity contribution in [3.05, 3.63) is 71.3 Å². The molecule has 0 heterocycles. The average Bonchev–Trinajstić information content (AvgIpc) is 2.43. The lowest BCUT2D eigenvalue weighted by Gasteiger charge is -2.23. The fourth-order valence-corrected chi connectivity index (χ4v) is 5.12. The van der Waals surface area contributed by atoms with Gasteiger partial charge in [0.15, 0.2) is 0 Å². The van der Waals surface area contributed by atoms with Gasteiger partial charge in [-0.3, -0.25) is 0 Å². The quantitative estimate of drug-likeness (QED) is 0.570. The number of rotatable bonds is 4. The summed E-state index contributed by atoms with van der Waals surface area (Å²) < 4.78 is 0. The molecule has 0 saturated carbocycles. The molecule has 0 nitrogen and oxygen atoms in total. The van der Waals surface area contributed by atoms with E-state index in [0.717, 1.165) is 6.16 Å². The fourth-order valence-electron chi connectivity index (χ4n) is 2.51. The van der Waals surface area contributed by atoms with Crippen molar-refractivity contribution in [1.82, 2.24) is 0 Å². The maximum atomic E-state index is 3.97. The summed E-state index contributed by atoms with van der Waals surface area (Å²) >= 11 is 0. The van der Waals surface area contributed by atoms with Crippen LogP contribution in [0.2, 0.25) is 0 Å². The molecule has 1 heteroatoms. The maximum absolute atomic E-state index is 3.97. The highest BCUT2D eigenvalue weighted by Crippen LogP contribution is 2.36. The lowest BCUT2D eigenvalue weighted by Crippen LogP contribution is -2.19. The van der Waals surface area contributed by atoms with E-state index in [1.807, 2.05) is 0 Å². The highest BCUT2D eigenvalue weighted by molar-refractivity contribution is 7.73. The van der Waals surface area contributed by atoms with E-state index >= 15 is 0 Å². The molecule has 104 valence electrons. The van der Waals surface area contributed by atoms with E-state index in [4.69, 9.17) is 0 Å². The van der Waals surface area contributed by atoms with E-state index < -0.39 is 0 Å². The SMILES string of the molecule is C=CCP(c1cccc(C)c1C)c1cccc(C)c1C. The third-order valence-corrected chi connectivity index (χ3v) is 6.80. The van der Waals surface area contributed by atoms with Crippen LogP contribution in [0, 0.1) is 27.7 Å². The third kappa shape index (κ3) is 2.86. The van der Waals surface area contributed by atoms with E-state index in [1.165, 1.54) is 32.9 Å². The molecule has 0 spiro atoms. The van der Waals surface area contributed by atoms with E-state index in [0.29, 0.717) is 0 Å². The largest absolute Gasteiger partial charge is 0.103 e. The fraction of sp³-hybridized carbons (Fsp3) is 0.263. The van der Waals surface area contributed by atoms with Crippen molar-refractivity contribution in [2.45, 2.75) is 27.7 Å². The number of hydrogen-bond acceptors (Lipinski definition) is 0. The average molecular weight is 282 g/mol. The molecule has 0 aliphatic heterocycles.